The van der Waals surface area contributed by atoms with Crippen LogP contribution < -0.4 is 16.4 Å². The van der Waals surface area contributed by atoms with Crippen molar-refractivity contribution in [2.75, 3.05) is 25.1 Å². The molecular formula is C9H17N3O4S. The Morgan fingerprint density at radius 2 is 1.94 bits per heavy atom. The summed E-state index contributed by atoms with van der Waals surface area (Å²) in [6, 6.07) is -0.644. The van der Waals surface area contributed by atoms with Crippen molar-refractivity contribution in [1.29, 1.82) is 0 Å². The number of carbonyl (C=O) groups excluding carboxylic acids is 2. The van der Waals surface area contributed by atoms with Gasteiger partial charge in [0.15, 0.2) is 0 Å². The Hall–Kier alpha value is -1.28. The van der Waals surface area contributed by atoms with E-state index in [2.05, 4.69) is 10.6 Å². The molecular weight excluding hydrogens is 246 g/mol. The van der Waals surface area contributed by atoms with E-state index >= 15 is 0 Å². The zero-order valence-electron chi connectivity index (χ0n) is 9.56. The number of carboxylic acid groups (broad SMARTS) is 1. The van der Waals surface area contributed by atoms with Gasteiger partial charge in [0.25, 0.3) is 0 Å². The molecule has 1 atom stereocenters. The summed E-state index contributed by atoms with van der Waals surface area (Å²) in [7, 11) is 0. The van der Waals surface area contributed by atoms with Gasteiger partial charge in [-0.1, -0.05) is 0 Å². The van der Waals surface area contributed by atoms with Crippen LogP contribution in [0.4, 0.5) is 0 Å². The van der Waals surface area contributed by atoms with Crippen LogP contribution in [0.3, 0.4) is 0 Å². The quantitative estimate of drug-likeness (QED) is 0.418. The number of carbonyl (C=O) groups is 3. The molecule has 0 rings (SSSR count). The summed E-state index contributed by atoms with van der Waals surface area (Å²) < 4.78 is 0. The lowest BCUT2D eigenvalue weighted by atomic mass is 10.2. The Balaban J connectivity index is 3.75. The average molecular weight is 263 g/mol. The van der Waals surface area contributed by atoms with Gasteiger partial charge in [0.1, 0.15) is 6.54 Å². The number of hydrogen-bond acceptors (Lipinski definition) is 5. The number of hydrogen-bond donors (Lipinski definition) is 4. The maximum atomic E-state index is 11.3. The summed E-state index contributed by atoms with van der Waals surface area (Å²) in [5, 5.41) is 12.8. The topological polar surface area (TPSA) is 122 Å². The summed E-state index contributed by atoms with van der Waals surface area (Å²) in [5.41, 5.74) is 5.56. The molecule has 8 heteroatoms. The first-order valence-corrected chi connectivity index (χ1v) is 6.37. The van der Waals surface area contributed by atoms with Crippen molar-refractivity contribution in [2.45, 2.75) is 12.5 Å². The van der Waals surface area contributed by atoms with E-state index in [1.807, 2.05) is 6.26 Å². The molecule has 0 saturated carbocycles. The molecule has 5 N–H and O–H groups in total. The molecule has 0 aromatic rings. The van der Waals surface area contributed by atoms with Crippen molar-refractivity contribution in [2.24, 2.45) is 5.73 Å². The highest BCUT2D eigenvalue weighted by Gasteiger charge is 2.13. The number of aliphatic carboxylic acids is 1. The highest BCUT2D eigenvalue weighted by atomic mass is 32.2. The Labute approximate surface area is 104 Å². The largest absolute Gasteiger partial charge is 0.480 e. The molecule has 17 heavy (non-hydrogen) atoms. The molecule has 0 aliphatic rings. The number of carboxylic acids is 1. The van der Waals surface area contributed by atoms with Crippen LogP contribution in [0.2, 0.25) is 0 Å². The molecule has 98 valence electrons. The molecule has 0 heterocycles. The lowest BCUT2D eigenvalue weighted by Gasteiger charge is -2.11. The highest BCUT2D eigenvalue weighted by molar-refractivity contribution is 7.98. The fraction of sp³-hybridized carbons (Fsp3) is 0.667. The Kier molecular flexibility index (Phi) is 8.16. The maximum Gasteiger partial charge on any atom is 0.322 e. The second kappa shape index (κ2) is 8.82. The zero-order valence-corrected chi connectivity index (χ0v) is 10.4. The Morgan fingerprint density at radius 3 is 2.47 bits per heavy atom. The van der Waals surface area contributed by atoms with Gasteiger partial charge in [-0.2, -0.15) is 11.8 Å². The van der Waals surface area contributed by atoms with Crippen molar-refractivity contribution < 1.29 is 19.5 Å². The first-order valence-electron chi connectivity index (χ1n) is 4.98. The Morgan fingerprint density at radius 1 is 1.29 bits per heavy atom. The van der Waals surface area contributed by atoms with E-state index in [1.54, 1.807) is 11.8 Å². The molecule has 7 nitrogen and oxygen atoms in total. The van der Waals surface area contributed by atoms with Crippen LogP contribution in [0.5, 0.6) is 0 Å². The summed E-state index contributed by atoms with van der Waals surface area (Å²) >= 11 is 1.58. The predicted octanol–water partition coefficient (Wildman–Crippen LogP) is -1.62. The molecule has 0 fully saturated rings. The molecule has 0 aliphatic heterocycles. The third-order valence-electron chi connectivity index (χ3n) is 1.83. The van der Waals surface area contributed by atoms with Crippen LogP contribution in [0, 0.1) is 0 Å². The smallest absolute Gasteiger partial charge is 0.322 e. The van der Waals surface area contributed by atoms with Crippen molar-refractivity contribution in [3.05, 3.63) is 0 Å². The summed E-state index contributed by atoms with van der Waals surface area (Å²) in [4.78, 5) is 32.5. The van der Waals surface area contributed by atoms with E-state index in [-0.39, 0.29) is 6.54 Å². The molecule has 0 unspecified atom stereocenters. The van der Waals surface area contributed by atoms with Crippen LogP contribution >= 0.6 is 11.8 Å². The van der Waals surface area contributed by atoms with Crippen molar-refractivity contribution in [3.63, 3.8) is 0 Å². The lowest BCUT2D eigenvalue weighted by molar-refractivity contribution is -0.137. The minimum Gasteiger partial charge on any atom is -0.480 e. The third kappa shape index (κ3) is 8.52. The van der Waals surface area contributed by atoms with Gasteiger partial charge < -0.3 is 21.5 Å². The monoisotopic (exact) mass is 263 g/mol. The van der Waals surface area contributed by atoms with E-state index in [1.165, 1.54) is 0 Å². The second-order valence-corrected chi connectivity index (χ2v) is 4.26. The summed E-state index contributed by atoms with van der Waals surface area (Å²) in [5.74, 6) is -1.34. The van der Waals surface area contributed by atoms with Crippen LogP contribution in [-0.2, 0) is 14.4 Å². The van der Waals surface area contributed by atoms with E-state index in [9.17, 15) is 14.4 Å². The normalized spacial score (nSPS) is 11.6. The first kappa shape index (κ1) is 15.7. The molecule has 0 bridgehead atoms. The molecule has 0 radical (unpaired) electrons. The molecule has 0 spiro atoms. The van der Waals surface area contributed by atoms with Gasteiger partial charge in [-0.3, -0.25) is 14.4 Å². The third-order valence-corrected chi connectivity index (χ3v) is 2.47. The molecule has 0 saturated heterocycles. The van der Waals surface area contributed by atoms with Crippen LogP contribution in [0.25, 0.3) is 0 Å². The van der Waals surface area contributed by atoms with Crippen molar-refractivity contribution >= 4 is 29.5 Å². The van der Waals surface area contributed by atoms with Crippen LogP contribution in [0.15, 0.2) is 0 Å². The highest BCUT2D eigenvalue weighted by Crippen LogP contribution is 1.98. The van der Waals surface area contributed by atoms with Gasteiger partial charge in [0, 0.05) is 0 Å². The van der Waals surface area contributed by atoms with E-state index in [4.69, 9.17) is 10.8 Å². The van der Waals surface area contributed by atoms with Gasteiger partial charge in [0.2, 0.25) is 11.8 Å². The van der Waals surface area contributed by atoms with Crippen LogP contribution in [-0.4, -0.2) is 54.0 Å². The molecule has 2 amide bonds. The van der Waals surface area contributed by atoms with E-state index < -0.39 is 30.4 Å². The summed E-state index contributed by atoms with van der Waals surface area (Å²) in [6.45, 7) is -0.730. The summed E-state index contributed by atoms with van der Waals surface area (Å²) in [6.07, 6.45) is 2.44. The fourth-order valence-electron chi connectivity index (χ4n) is 0.911. The van der Waals surface area contributed by atoms with Gasteiger partial charge in [-0.05, 0) is 18.4 Å². The second-order valence-electron chi connectivity index (χ2n) is 3.28. The number of thioether (sulfide) groups is 1. The standard InChI is InChI=1S/C9H17N3O4S/c1-17-3-2-6(10)9(16)12-4-7(13)11-5-8(14)15/h6H,2-5,10H2,1H3,(H,11,13)(H,12,16)(H,14,15)/t6-/m1/s1. The molecule has 0 aliphatic carbocycles. The predicted molar refractivity (Wildman–Crippen MR) is 64.6 cm³/mol. The lowest BCUT2D eigenvalue weighted by Crippen LogP contribution is -2.45. The van der Waals surface area contributed by atoms with E-state index in [0.29, 0.717) is 6.42 Å². The number of nitrogens with one attached hydrogen (secondary N) is 2. The van der Waals surface area contributed by atoms with E-state index in [0.717, 1.165) is 5.75 Å². The van der Waals surface area contributed by atoms with Crippen molar-refractivity contribution in [1.82, 2.24) is 10.6 Å². The molecule has 0 aromatic carbocycles. The van der Waals surface area contributed by atoms with Gasteiger partial charge in [0.05, 0.1) is 12.6 Å². The maximum absolute atomic E-state index is 11.3. The number of rotatable bonds is 8. The Bertz CT molecular complexity index is 285. The van der Waals surface area contributed by atoms with Crippen molar-refractivity contribution in [3.8, 4) is 0 Å². The first-order chi connectivity index (χ1) is 7.97. The van der Waals surface area contributed by atoms with Gasteiger partial charge >= 0.3 is 5.97 Å². The number of nitrogens with two attached hydrogens (primary N) is 1. The fourth-order valence-corrected chi connectivity index (χ4v) is 1.40. The molecule has 0 aromatic heterocycles. The minimum absolute atomic E-state index is 0.265. The SMILES string of the molecule is CSCC[C@@H](N)C(=O)NCC(=O)NCC(=O)O. The van der Waals surface area contributed by atoms with Gasteiger partial charge in [-0.15, -0.1) is 0 Å². The zero-order chi connectivity index (χ0) is 13.3. The number of amides is 2. The van der Waals surface area contributed by atoms with Gasteiger partial charge in [-0.25, -0.2) is 0 Å². The van der Waals surface area contributed by atoms with Crippen LogP contribution in [0.1, 0.15) is 6.42 Å². The minimum atomic E-state index is -1.14. The average Bonchev–Trinajstić information content (AvgIpc) is 2.30.